The van der Waals surface area contributed by atoms with Crippen molar-refractivity contribution in [3.05, 3.63) is 35.7 Å². The molecule has 0 spiro atoms. The first kappa shape index (κ1) is 14.4. The zero-order valence-electron chi connectivity index (χ0n) is 13.2. The van der Waals surface area contributed by atoms with Crippen LogP contribution in [0.1, 0.15) is 47.6 Å². The van der Waals surface area contributed by atoms with E-state index in [0.29, 0.717) is 17.5 Å². The van der Waals surface area contributed by atoms with E-state index in [2.05, 4.69) is 32.3 Å². The van der Waals surface area contributed by atoms with Gasteiger partial charge in [-0.1, -0.05) is 12.1 Å². The quantitative estimate of drug-likeness (QED) is 0.873. The molecule has 2 aliphatic rings. The van der Waals surface area contributed by atoms with E-state index in [1.54, 1.807) is 12.4 Å². The van der Waals surface area contributed by atoms with Crippen molar-refractivity contribution in [2.45, 2.75) is 38.3 Å². The Hall–Kier alpha value is -2.15. The molecule has 23 heavy (non-hydrogen) atoms. The number of hydrogen-bond acceptors (Lipinski definition) is 5. The Bertz CT molecular complexity index is 676. The summed E-state index contributed by atoms with van der Waals surface area (Å²) in [5, 5.41) is 7.01. The number of amides is 1. The molecule has 7 heteroatoms. The second-order valence-electron chi connectivity index (χ2n) is 6.70. The van der Waals surface area contributed by atoms with Crippen molar-refractivity contribution in [1.82, 2.24) is 25.3 Å². The predicted molar refractivity (Wildman–Crippen MR) is 82.8 cm³/mol. The smallest absolute Gasteiger partial charge is 0.273 e. The number of carbonyl (C=O) groups excluding carboxylic acids is 1. The van der Waals surface area contributed by atoms with Crippen LogP contribution in [0.5, 0.6) is 0 Å². The second kappa shape index (κ2) is 5.81. The summed E-state index contributed by atoms with van der Waals surface area (Å²) in [7, 11) is 0. The molecule has 0 aromatic carbocycles. The van der Waals surface area contributed by atoms with E-state index in [4.69, 9.17) is 4.52 Å². The highest BCUT2D eigenvalue weighted by Gasteiger charge is 2.33. The van der Waals surface area contributed by atoms with Gasteiger partial charge in [-0.2, -0.15) is 0 Å². The van der Waals surface area contributed by atoms with Crippen LogP contribution in [0.3, 0.4) is 0 Å². The number of imidazole rings is 1. The SMILES string of the molecule is CC1CN(Cc2c[nH]cn2)CC1NC(=O)c1cc(C2CC2)on1. The lowest BCUT2D eigenvalue weighted by Crippen LogP contribution is -2.40. The van der Waals surface area contributed by atoms with Crippen LogP contribution < -0.4 is 5.32 Å². The van der Waals surface area contributed by atoms with Crippen LogP contribution >= 0.6 is 0 Å². The summed E-state index contributed by atoms with van der Waals surface area (Å²) in [4.78, 5) is 21.9. The average molecular weight is 315 g/mol. The molecular formula is C16H21N5O2. The van der Waals surface area contributed by atoms with Gasteiger partial charge < -0.3 is 14.8 Å². The molecule has 2 atom stereocenters. The van der Waals surface area contributed by atoms with Crippen LogP contribution in [0.15, 0.2) is 23.1 Å². The van der Waals surface area contributed by atoms with E-state index in [9.17, 15) is 4.79 Å². The summed E-state index contributed by atoms with van der Waals surface area (Å²) < 4.78 is 5.26. The minimum atomic E-state index is -0.140. The van der Waals surface area contributed by atoms with E-state index >= 15 is 0 Å². The minimum absolute atomic E-state index is 0.127. The van der Waals surface area contributed by atoms with Gasteiger partial charge in [0, 0.05) is 43.9 Å². The van der Waals surface area contributed by atoms with Gasteiger partial charge in [0.05, 0.1) is 12.0 Å². The van der Waals surface area contributed by atoms with Crippen molar-refractivity contribution in [3.63, 3.8) is 0 Å². The van der Waals surface area contributed by atoms with Crippen LogP contribution in [0.25, 0.3) is 0 Å². The molecule has 2 aromatic rings. The topological polar surface area (TPSA) is 87.0 Å². The highest BCUT2D eigenvalue weighted by Crippen LogP contribution is 2.40. The number of likely N-dealkylation sites (tertiary alicyclic amines) is 1. The van der Waals surface area contributed by atoms with Gasteiger partial charge in [-0.15, -0.1) is 0 Å². The predicted octanol–water partition coefficient (Wildman–Crippen LogP) is 1.53. The number of H-pyrrole nitrogens is 1. The van der Waals surface area contributed by atoms with Gasteiger partial charge >= 0.3 is 0 Å². The largest absolute Gasteiger partial charge is 0.360 e. The molecule has 0 radical (unpaired) electrons. The highest BCUT2D eigenvalue weighted by atomic mass is 16.5. The zero-order chi connectivity index (χ0) is 15.8. The lowest BCUT2D eigenvalue weighted by atomic mass is 10.1. The minimum Gasteiger partial charge on any atom is -0.360 e. The average Bonchev–Trinajstić information content (AvgIpc) is 2.94. The fourth-order valence-corrected chi connectivity index (χ4v) is 3.19. The molecule has 3 heterocycles. The van der Waals surface area contributed by atoms with Gasteiger partial charge in [-0.3, -0.25) is 9.69 Å². The molecule has 1 saturated heterocycles. The normalized spacial score (nSPS) is 24.9. The van der Waals surface area contributed by atoms with Crippen molar-refractivity contribution in [1.29, 1.82) is 0 Å². The fraction of sp³-hybridized carbons (Fsp3) is 0.562. The molecular weight excluding hydrogens is 294 g/mol. The van der Waals surface area contributed by atoms with Gasteiger partial charge in [-0.25, -0.2) is 4.98 Å². The number of rotatable bonds is 5. The number of aromatic nitrogens is 3. The van der Waals surface area contributed by atoms with Crippen LogP contribution in [-0.2, 0) is 6.54 Å². The van der Waals surface area contributed by atoms with Gasteiger partial charge in [0.2, 0.25) is 0 Å². The zero-order valence-corrected chi connectivity index (χ0v) is 13.2. The summed E-state index contributed by atoms with van der Waals surface area (Å²) in [6.07, 6.45) is 5.87. The van der Waals surface area contributed by atoms with Gasteiger partial charge in [0.25, 0.3) is 5.91 Å². The molecule has 2 N–H and O–H groups in total. The molecule has 122 valence electrons. The summed E-state index contributed by atoms with van der Waals surface area (Å²) in [6.45, 7) is 4.74. The second-order valence-corrected chi connectivity index (χ2v) is 6.70. The third-order valence-corrected chi connectivity index (χ3v) is 4.69. The molecule has 2 aromatic heterocycles. The van der Waals surface area contributed by atoms with E-state index in [-0.39, 0.29) is 11.9 Å². The maximum absolute atomic E-state index is 12.4. The summed E-state index contributed by atoms with van der Waals surface area (Å²) >= 11 is 0. The molecule has 2 fully saturated rings. The maximum atomic E-state index is 12.4. The number of nitrogens with zero attached hydrogens (tertiary/aromatic N) is 3. The summed E-state index contributed by atoms with van der Waals surface area (Å²) in [5.41, 5.74) is 1.42. The molecule has 1 aliphatic heterocycles. The van der Waals surface area contributed by atoms with Crippen molar-refractivity contribution in [3.8, 4) is 0 Å². The highest BCUT2D eigenvalue weighted by molar-refractivity contribution is 5.92. The Balaban J connectivity index is 1.35. The first-order valence-electron chi connectivity index (χ1n) is 8.16. The van der Waals surface area contributed by atoms with E-state index < -0.39 is 0 Å². The molecule has 2 unspecified atom stereocenters. The molecule has 1 saturated carbocycles. The number of nitrogens with one attached hydrogen (secondary N) is 2. The van der Waals surface area contributed by atoms with Crippen LogP contribution in [0.2, 0.25) is 0 Å². The molecule has 7 nitrogen and oxygen atoms in total. The van der Waals surface area contributed by atoms with Crippen molar-refractivity contribution >= 4 is 5.91 Å². The standard InChI is InChI=1S/C16H21N5O2/c1-10-6-21(7-12-5-17-9-18-12)8-14(10)19-16(22)13-4-15(23-20-13)11-2-3-11/h4-5,9-11,14H,2-3,6-8H2,1H3,(H,17,18)(H,19,22). The van der Waals surface area contributed by atoms with Crippen LogP contribution in [0, 0.1) is 5.92 Å². The van der Waals surface area contributed by atoms with Crippen LogP contribution in [0.4, 0.5) is 0 Å². The van der Waals surface area contributed by atoms with Crippen molar-refractivity contribution < 1.29 is 9.32 Å². The summed E-state index contributed by atoms with van der Waals surface area (Å²) in [5.74, 6) is 1.57. The number of carbonyl (C=O) groups is 1. The first-order chi connectivity index (χ1) is 11.2. The maximum Gasteiger partial charge on any atom is 0.273 e. The van der Waals surface area contributed by atoms with Crippen molar-refractivity contribution in [2.75, 3.05) is 13.1 Å². The Morgan fingerprint density at radius 3 is 3.09 bits per heavy atom. The molecule has 4 rings (SSSR count). The van der Waals surface area contributed by atoms with E-state index in [0.717, 1.165) is 43.9 Å². The van der Waals surface area contributed by atoms with Gasteiger partial charge in [0.1, 0.15) is 5.76 Å². The third kappa shape index (κ3) is 3.14. The van der Waals surface area contributed by atoms with Crippen molar-refractivity contribution in [2.24, 2.45) is 5.92 Å². The fourth-order valence-electron chi connectivity index (χ4n) is 3.19. The Labute approximate surface area is 134 Å². The lowest BCUT2D eigenvalue weighted by molar-refractivity contribution is 0.0922. The van der Waals surface area contributed by atoms with Gasteiger partial charge in [0.15, 0.2) is 5.69 Å². The Morgan fingerprint density at radius 2 is 2.35 bits per heavy atom. The Morgan fingerprint density at radius 1 is 1.48 bits per heavy atom. The monoisotopic (exact) mass is 315 g/mol. The lowest BCUT2D eigenvalue weighted by Gasteiger charge is -2.16. The van der Waals surface area contributed by atoms with E-state index in [1.807, 2.05) is 6.20 Å². The Kier molecular flexibility index (Phi) is 3.65. The number of aromatic amines is 1. The molecule has 1 amide bonds. The van der Waals surface area contributed by atoms with Crippen LogP contribution in [-0.4, -0.2) is 45.1 Å². The van der Waals surface area contributed by atoms with E-state index in [1.165, 1.54) is 0 Å². The first-order valence-corrected chi connectivity index (χ1v) is 8.16. The van der Waals surface area contributed by atoms with Gasteiger partial charge in [-0.05, 0) is 18.8 Å². The molecule has 1 aliphatic carbocycles. The third-order valence-electron chi connectivity index (χ3n) is 4.69. The molecule has 0 bridgehead atoms. The number of hydrogen-bond donors (Lipinski definition) is 2. The summed E-state index contributed by atoms with van der Waals surface area (Å²) in [6, 6.07) is 1.91.